The number of halogens is 1. The molecule has 7 heteroatoms. The molecule has 2 N–H and O–H groups in total. The van der Waals surface area contributed by atoms with Crippen LogP contribution < -0.4 is 14.8 Å². The van der Waals surface area contributed by atoms with Crippen molar-refractivity contribution in [3.05, 3.63) is 29.3 Å². The maximum Gasteiger partial charge on any atom is 0.211 e. The first-order valence-electron chi connectivity index (χ1n) is 9.93. The molecule has 0 heterocycles. The minimum Gasteiger partial charge on any atom is -0.496 e. The van der Waals surface area contributed by atoms with Gasteiger partial charge in [-0.25, -0.2) is 13.1 Å². The van der Waals surface area contributed by atoms with E-state index in [-0.39, 0.29) is 5.75 Å². The molecule has 5 nitrogen and oxygen atoms in total. The van der Waals surface area contributed by atoms with Crippen LogP contribution in [0.1, 0.15) is 50.2 Å². The Kier molecular flexibility index (Phi) is 9.36. The Labute approximate surface area is 169 Å². The van der Waals surface area contributed by atoms with Crippen LogP contribution >= 0.6 is 11.6 Å². The maximum atomic E-state index is 12.0. The highest BCUT2D eigenvalue weighted by molar-refractivity contribution is 7.89. The van der Waals surface area contributed by atoms with Gasteiger partial charge >= 0.3 is 0 Å². The highest BCUT2D eigenvalue weighted by Crippen LogP contribution is 2.29. The third kappa shape index (κ3) is 7.26. The van der Waals surface area contributed by atoms with Gasteiger partial charge < -0.3 is 10.1 Å². The molecular formula is C20H33ClN2O3S. The van der Waals surface area contributed by atoms with E-state index in [2.05, 4.69) is 29.1 Å². The summed E-state index contributed by atoms with van der Waals surface area (Å²) in [4.78, 5) is 0. The van der Waals surface area contributed by atoms with Crippen LogP contribution in [0.3, 0.4) is 0 Å². The first-order valence-corrected chi connectivity index (χ1v) is 12.1. The first kappa shape index (κ1) is 22.5. The molecule has 2 unspecified atom stereocenters. The molecule has 27 heavy (non-hydrogen) atoms. The van der Waals surface area contributed by atoms with E-state index in [1.165, 1.54) is 11.1 Å². The van der Waals surface area contributed by atoms with Crippen LogP contribution in [0.4, 0.5) is 0 Å². The van der Waals surface area contributed by atoms with Crippen LogP contribution in [-0.4, -0.2) is 45.8 Å². The van der Waals surface area contributed by atoms with Crippen molar-refractivity contribution >= 4 is 21.6 Å². The number of benzene rings is 1. The van der Waals surface area contributed by atoms with Gasteiger partial charge in [0.05, 0.1) is 12.9 Å². The molecule has 0 fully saturated rings. The van der Waals surface area contributed by atoms with Crippen molar-refractivity contribution in [3.8, 4) is 5.75 Å². The van der Waals surface area contributed by atoms with E-state index in [4.69, 9.17) is 16.3 Å². The highest BCUT2D eigenvalue weighted by Gasteiger charge is 2.23. The van der Waals surface area contributed by atoms with E-state index >= 15 is 0 Å². The lowest BCUT2D eigenvalue weighted by atomic mass is 9.87. The highest BCUT2D eigenvalue weighted by atomic mass is 35.5. The summed E-state index contributed by atoms with van der Waals surface area (Å²) < 4.78 is 32.2. The van der Waals surface area contributed by atoms with E-state index in [9.17, 15) is 8.42 Å². The summed E-state index contributed by atoms with van der Waals surface area (Å²) in [5, 5.41) is 3.73. The van der Waals surface area contributed by atoms with Crippen molar-refractivity contribution in [1.29, 1.82) is 0 Å². The summed E-state index contributed by atoms with van der Waals surface area (Å²) in [6.45, 7) is 2.62. The number of aryl methyl sites for hydroxylation is 1. The van der Waals surface area contributed by atoms with E-state index < -0.39 is 10.0 Å². The second-order valence-electron chi connectivity index (χ2n) is 7.21. The Balaban J connectivity index is 1.81. The lowest BCUT2D eigenvalue weighted by Crippen LogP contribution is -2.43. The number of sulfonamides is 1. The average molecular weight is 417 g/mol. The van der Waals surface area contributed by atoms with Gasteiger partial charge in [-0.2, -0.15) is 0 Å². The van der Waals surface area contributed by atoms with Crippen molar-refractivity contribution in [2.75, 3.05) is 25.3 Å². The van der Waals surface area contributed by atoms with Crippen LogP contribution in [-0.2, 0) is 22.9 Å². The molecule has 1 aromatic carbocycles. The van der Waals surface area contributed by atoms with E-state index in [0.717, 1.165) is 44.3 Å². The molecule has 154 valence electrons. The van der Waals surface area contributed by atoms with Crippen LogP contribution in [0.5, 0.6) is 5.75 Å². The number of fused-ring (bicyclic) bond motifs is 1. The first-order chi connectivity index (χ1) is 13.0. The third-order valence-corrected chi connectivity index (χ3v) is 6.98. The van der Waals surface area contributed by atoms with Gasteiger partial charge in [0.2, 0.25) is 10.0 Å². The second-order valence-corrected chi connectivity index (χ2v) is 9.51. The van der Waals surface area contributed by atoms with Gasteiger partial charge in [-0.3, -0.25) is 0 Å². The Morgan fingerprint density at radius 3 is 2.85 bits per heavy atom. The standard InChI is InChI=1S/C20H33ClN2O3S/c1-3-17(11-13-22-27(24,25)14-5-4-12-21)23-18-10-9-16-7-6-8-20(26-2)19(16)15-18/h6-8,17-18,22-23H,3-5,9-15H2,1-2H3. The smallest absolute Gasteiger partial charge is 0.211 e. The van der Waals surface area contributed by atoms with E-state index in [0.29, 0.717) is 30.9 Å². The van der Waals surface area contributed by atoms with E-state index in [1.54, 1.807) is 7.11 Å². The fraction of sp³-hybridized carbons (Fsp3) is 0.700. The molecule has 1 aliphatic rings. The lowest BCUT2D eigenvalue weighted by Gasteiger charge is -2.30. The number of rotatable bonds is 12. The molecule has 0 radical (unpaired) electrons. The van der Waals surface area contributed by atoms with E-state index in [1.807, 2.05) is 6.07 Å². The number of ether oxygens (including phenoxy) is 1. The Morgan fingerprint density at radius 2 is 2.15 bits per heavy atom. The zero-order chi connectivity index (χ0) is 19.7. The van der Waals surface area contributed by atoms with Crippen LogP contribution in [0.15, 0.2) is 18.2 Å². The molecule has 0 saturated heterocycles. The summed E-state index contributed by atoms with van der Waals surface area (Å²) in [6.07, 6.45) is 6.21. The predicted octanol–water partition coefficient (Wildman–Crippen LogP) is 3.25. The normalized spacial score (nSPS) is 18.1. The van der Waals surface area contributed by atoms with Gasteiger partial charge in [-0.1, -0.05) is 19.1 Å². The van der Waals surface area contributed by atoms with Crippen molar-refractivity contribution < 1.29 is 13.2 Å². The monoisotopic (exact) mass is 416 g/mol. The minimum atomic E-state index is -3.19. The van der Waals surface area contributed by atoms with Gasteiger partial charge in [-0.05, 0) is 62.1 Å². The number of hydrogen-bond acceptors (Lipinski definition) is 4. The molecule has 0 aliphatic heterocycles. The van der Waals surface area contributed by atoms with Crippen molar-refractivity contribution in [2.24, 2.45) is 0 Å². The maximum absolute atomic E-state index is 12.0. The SMILES string of the molecule is CCC(CCNS(=O)(=O)CCCCCl)NC1CCc2cccc(OC)c2C1. The molecule has 0 bridgehead atoms. The zero-order valence-electron chi connectivity index (χ0n) is 16.5. The van der Waals surface area contributed by atoms with Gasteiger partial charge in [-0.15, -0.1) is 11.6 Å². The van der Waals surface area contributed by atoms with Gasteiger partial charge in [0, 0.05) is 24.5 Å². The van der Waals surface area contributed by atoms with Gasteiger partial charge in [0.25, 0.3) is 0 Å². The van der Waals surface area contributed by atoms with Gasteiger partial charge in [0.15, 0.2) is 0 Å². The topological polar surface area (TPSA) is 67.4 Å². The summed E-state index contributed by atoms with van der Waals surface area (Å²) >= 11 is 5.61. The Morgan fingerprint density at radius 1 is 1.33 bits per heavy atom. The molecule has 0 spiro atoms. The number of alkyl halides is 1. The van der Waals surface area contributed by atoms with Crippen molar-refractivity contribution in [1.82, 2.24) is 10.0 Å². The molecule has 2 rings (SSSR count). The molecular weight excluding hydrogens is 384 g/mol. The van der Waals surface area contributed by atoms with Crippen molar-refractivity contribution in [2.45, 2.75) is 64.0 Å². The quantitative estimate of drug-likeness (QED) is 0.405. The van der Waals surface area contributed by atoms with Crippen molar-refractivity contribution in [3.63, 3.8) is 0 Å². The molecule has 2 atom stereocenters. The Bertz CT molecular complexity index is 668. The summed E-state index contributed by atoms with van der Waals surface area (Å²) in [6, 6.07) is 6.97. The lowest BCUT2D eigenvalue weighted by molar-refractivity contribution is 0.359. The number of methoxy groups -OCH3 is 1. The predicted molar refractivity (Wildman–Crippen MR) is 112 cm³/mol. The molecule has 0 saturated carbocycles. The number of unbranched alkanes of at least 4 members (excludes halogenated alkanes) is 1. The zero-order valence-corrected chi connectivity index (χ0v) is 18.0. The van der Waals surface area contributed by atoms with Crippen LogP contribution in [0.25, 0.3) is 0 Å². The molecule has 1 aromatic rings. The fourth-order valence-corrected chi connectivity index (χ4v) is 5.02. The molecule has 0 aromatic heterocycles. The Hall–Kier alpha value is -0.820. The molecule has 0 amide bonds. The number of hydrogen-bond donors (Lipinski definition) is 2. The average Bonchev–Trinajstić information content (AvgIpc) is 2.66. The van der Waals surface area contributed by atoms with Crippen LogP contribution in [0, 0.1) is 0 Å². The largest absolute Gasteiger partial charge is 0.496 e. The van der Waals surface area contributed by atoms with Crippen LogP contribution in [0.2, 0.25) is 0 Å². The fourth-order valence-electron chi connectivity index (χ4n) is 3.67. The molecule has 1 aliphatic carbocycles. The number of nitrogens with one attached hydrogen (secondary N) is 2. The second kappa shape index (κ2) is 11.2. The minimum absolute atomic E-state index is 0.156. The van der Waals surface area contributed by atoms with Gasteiger partial charge in [0.1, 0.15) is 5.75 Å². The summed E-state index contributed by atoms with van der Waals surface area (Å²) in [5.41, 5.74) is 2.68. The summed E-state index contributed by atoms with van der Waals surface area (Å²) in [5.74, 6) is 1.63. The summed E-state index contributed by atoms with van der Waals surface area (Å²) in [7, 11) is -1.47. The third-order valence-electron chi connectivity index (χ3n) is 5.24.